The van der Waals surface area contributed by atoms with Crippen LogP contribution in [-0.2, 0) is 0 Å². The summed E-state index contributed by atoms with van der Waals surface area (Å²) in [6.45, 7) is 6.60. The molecule has 0 aliphatic rings. The predicted molar refractivity (Wildman–Crippen MR) is 78.6 cm³/mol. The lowest BCUT2D eigenvalue weighted by Crippen LogP contribution is -2.34. The molecule has 0 saturated heterocycles. The van der Waals surface area contributed by atoms with Gasteiger partial charge < -0.3 is 10.2 Å². The first-order valence-corrected chi connectivity index (χ1v) is 6.71. The van der Waals surface area contributed by atoms with Gasteiger partial charge in [0.05, 0.1) is 0 Å². The van der Waals surface area contributed by atoms with Gasteiger partial charge in [-0.05, 0) is 17.9 Å². The van der Waals surface area contributed by atoms with Crippen LogP contribution in [0.2, 0.25) is 0 Å². The third-order valence-corrected chi connectivity index (χ3v) is 3.03. The van der Waals surface area contributed by atoms with E-state index in [-0.39, 0.29) is 5.41 Å². The molecule has 1 N–H and O–H groups in total. The zero-order valence-corrected chi connectivity index (χ0v) is 12.6. The highest BCUT2D eigenvalue weighted by Gasteiger charge is 2.24. The van der Waals surface area contributed by atoms with Gasteiger partial charge in [-0.1, -0.05) is 20.8 Å². The normalized spacial score (nSPS) is 13.2. The predicted octanol–water partition coefficient (Wildman–Crippen LogP) is 3.00. The maximum Gasteiger partial charge on any atom is 0.226 e. The van der Waals surface area contributed by atoms with Crippen LogP contribution in [0, 0.1) is 5.41 Å². The average Bonchev–Trinajstić information content (AvgIpc) is 2.27. The van der Waals surface area contributed by atoms with Gasteiger partial charge in [0.25, 0.3) is 0 Å². The molecule has 0 saturated carbocycles. The van der Waals surface area contributed by atoms with Crippen molar-refractivity contribution < 1.29 is 0 Å². The highest BCUT2D eigenvalue weighted by molar-refractivity contribution is 6.17. The van der Waals surface area contributed by atoms with Crippen LogP contribution < -0.4 is 10.2 Å². The summed E-state index contributed by atoms with van der Waals surface area (Å²) in [5.74, 6) is 2.19. The number of halogens is 1. The third-order valence-electron chi connectivity index (χ3n) is 2.81. The highest BCUT2D eigenvalue weighted by Crippen LogP contribution is 2.25. The number of rotatable bonds is 5. The molecule has 0 aliphatic carbocycles. The summed E-state index contributed by atoms with van der Waals surface area (Å²) in [4.78, 5) is 10.6. The molecule has 0 aromatic carbocycles. The van der Waals surface area contributed by atoms with Gasteiger partial charge in [0, 0.05) is 32.2 Å². The van der Waals surface area contributed by atoms with Gasteiger partial charge >= 0.3 is 0 Å². The topological polar surface area (TPSA) is 41.1 Å². The van der Waals surface area contributed by atoms with Gasteiger partial charge in [-0.25, -0.2) is 4.98 Å². The van der Waals surface area contributed by atoms with E-state index >= 15 is 0 Å². The minimum atomic E-state index is 0.137. The Bertz CT molecular complexity index is 373. The van der Waals surface area contributed by atoms with Crippen molar-refractivity contribution in [3.8, 4) is 0 Å². The summed E-state index contributed by atoms with van der Waals surface area (Å²) in [5.41, 5.74) is 0.137. The van der Waals surface area contributed by atoms with Gasteiger partial charge in [-0.15, -0.1) is 11.6 Å². The molecule has 5 heteroatoms. The van der Waals surface area contributed by atoms with Crippen LogP contribution in [0.25, 0.3) is 0 Å². The Kier molecular flexibility index (Phi) is 5.20. The van der Waals surface area contributed by atoms with Gasteiger partial charge in [0.15, 0.2) is 0 Å². The van der Waals surface area contributed by atoms with Crippen LogP contribution >= 0.6 is 11.6 Å². The average molecular weight is 271 g/mol. The van der Waals surface area contributed by atoms with Crippen LogP contribution in [0.1, 0.15) is 27.2 Å². The molecule has 0 radical (unpaired) electrons. The van der Waals surface area contributed by atoms with Crippen LogP contribution in [0.15, 0.2) is 12.3 Å². The molecule has 0 spiro atoms. The standard InChI is InChI=1S/C13H23ClN4/c1-13(2,3)10(6-8-14)16-11-7-9-15-12(17-11)18(4)5/h7,9-10H,6,8H2,1-5H3,(H,15,16,17). The number of aromatic nitrogens is 2. The number of hydrogen-bond acceptors (Lipinski definition) is 4. The largest absolute Gasteiger partial charge is 0.367 e. The third kappa shape index (κ3) is 4.33. The Labute approximate surface area is 115 Å². The van der Waals surface area contributed by atoms with E-state index in [0.717, 1.165) is 12.2 Å². The van der Waals surface area contributed by atoms with Crippen molar-refractivity contribution in [2.45, 2.75) is 33.2 Å². The van der Waals surface area contributed by atoms with Gasteiger partial charge in [-0.2, -0.15) is 4.98 Å². The Hall–Kier alpha value is -1.03. The van der Waals surface area contributed by atoms with Gasteiger partial charge in [0.2, 0.25) is 5.95 Å². The minimum absolute atomic E-state index is 0.137. The quantitative estimate of drug-likeness (QED) is 0.835. The van der Waals surface area contributed by atoms with Crippen LogP contribution in [-0.4, -0.2) is 36.0 Å². The monoisotopic (exact) mass is 270 g/mol. The first-order valence-electron chi connectivity index (χ1n) is 6.17. The van der Waals surface area contributed by atoms with Crippen molar-refractivity contribution in [3.63, 3.8) is 0 Å². The van der Waals surface area contributed by atoms with Crippen LogP contribution in [0.5, 0.6) is 0 Å². The molecule has 1 aromatic heterocycles. The van der Waals surface area contributed by atoms with Crippen LogP contribution in [0.4, 0.5) is 11.8 Å². The van der Waals surface area contributed by atoms with Crippen molar-refractivity contribution in [1.82, 2.24) is 9.97 Å². The summed E-state index contributed by atoms with van der Waals surface area (Å²) in [6.07, 6.45) is 2.68. The lowest BCUT2D eigenvalue weighted by molar-refractivity contribution is 0.334. The molecular formula is C13H23ClN4. The Morgan fingerprint density at radius 2 is 2.06 bits per heavy atom. The van der Waals surface area contributed by atoms with E-state index in [1.807, 2.05) is 25.1 Å². The van der Waals surface area contributed by atoms with E-state index in [2.05, 4.69) is 36.1 Å². The summed E-state index contributed by atoms with van der Waals surface area (Å²) < 4.78 is 0. The molecule has 0 aliphatic heterocycles. The Balaban J connectivity index is 2.84. The van der Waals surface area contributed by atoms with Gasteiger partial charge in [-0.3, -0.25) is 0 Å². The summed E-state index contributed by atoms with van der Waals surface area (Å²) in [5, 5.41) is 3.45. The Morgan fingerprint density at radius 3 is 2.56 bits per heavy atom. The SMILES string of the molecule is CN(C)c1nccc(NC(CCCl)C(C)(C)C)n1. The fourth-order valence-corrected chi connectivity index (χ4v) is 1.87. The van der Waals surface area contributed by atoms with E-state index in [4.69, 9.17) is 11.6 Å². The second-order valence-electron chi connectivity index (χ2n) is 5.68. The smallest absolute Gasteiger partial charge is 0.226 e. The molecule has 18 heavy (non-hydrogen) atoms. The van der Waals surface area contributed by atoms with Crippen molar-refractivity contribution in [3.05, 3.63) is 12.3 Å². The number of nitrogens with one attached hydrogen (secondary N) is 1. The molecule has 1 heterocycles. The van der Waals surface area contributed by atoms with E-state index in [1.165, 1.54) is 0 Å². The van der Waals surface area contributed by atoms with Crippen molar-refractivity contribution in [2.75, 3.05) is 30.2 Å². The first-order chi connectivity index (χ1) is 8.34. The maximum absolute atomic E-state index is 5.87. The number of nitrogens with zero attached hydrogens (tertiary/aromatic N) is 3. The number of alkyl halides is 1. The van der Waals surface area contributed by atoms with Crippen molar-refractivity contribution >= 4 is 23.4 Å². The molecule has 0 fully saturated rings. The minimum Gasteiger partial charge on any atom is -0.367 e. The maximum atomic E-state index is 5.87. The number of anilines is 2. The highest BCUT2D eigenvalue weighted by atomic mass is 35.5. The fraction of sp³-hybridized carbons (Fsp3) is 0.692. The molecular weight excluding hydrogens is 248 g/mol. The van der Waals surface area contributed by atoms with Gasteiger partial charge in [0.1, 0.15) is 5.82 Å². The lowest BCUT2D eigenvalue weighted by Gasteiger charge is -2.31. The number of hydrogen-bond donors (Lipinski definition) is 1. The van der Waals surface area contributed by atoms with E-state index in [1.54, 1.807) is 6.20 Å². The van der Waals surface area contributed by atoms with Crippen molar-refractivity contribution in [2.24, 2.45) is 5.41 Å². The summed E-state index contributed by atoms with van der Waals surface area (Å²) in [7, 11) is 3.86. The molecule has 0 amide bonds. The van der Waals surface area contributed by atoms with E-state index in [0.29, 0.717) is 17.9 Å². The van der Waals surface area contributed by atoms with E-state index in [9.17, 15) is 0 Å². The Morgan fingerprint density at radius 1 is 1.39 bits per heavy atom. The first kappa shape index (κ1) is 15.0. The van der Waals surface area contributed by atoms with Crippen molar-refractivity contribution in [1.29, 1.82) is 0 Å². The molecule has 4 nitrogen and oxygen atoms in total. The molecule has 1 unspecified atom stereocenters. The lowest BCUT2D eigenvalue weighted by atomic mass is 9.85. The zero-order valence-electron chi connectivity index (χ0n) is 11.9. The fourth-order valence-electron chi connectivity index (χ4n) is 1.65. The molecule has 0 bridgehead atoms. The summed E-state index contributed by atoms with van der Waals surface area (Å²) >= 11 is 5.87. The molecule has 1 aromatic rings. The molecule has 102 valence electrons. The second-order valence-corrected chi connectivity index (χ2v) is 6.05. The van der Waals surface area contributed by atoms with Crippen LogP contribution in [0.3, 0.4) is 0 Å². The van der Waals surface area contributed by atoms with E-state index < -0.39 is 0 Å². The zero-order chi connectivity index (χ0) is 13.8. The second kappa shape index (κ2) is 6.23. The molecule has 1 rings (SSSR count). The molecule has 1 atom stereocenters. The summed E-state index contributed by atoms with van der Waals surface area (Å²) in [6, 6.07) is 2.18.